The van der Waals surface area contributed by atoms with E-state index in [9.17, 15) is 4.79 Å². The molecule has 2 saturated heterocycles. The Balaban J connectivity index is 1.30. The molecule has 5 nitrogen and oxygen atoms in total. The summed E-state index contributed by atoms with van der Waals surface area (Å²) < 4.78 is 1.91. The van der Waals surface area contributed by atoms with Crippen molar-refractivity contribution < 1.29 is 4.79 Å². The number of nitrogens with zero attached hydrogens (tertiary/aromatic N) is 3. The maximum absolute atomic E-state index is 12.4. The van der Waals surface area contributed by atoms with Gasteiger partial charge in [0.2, 0.25) is 0 Å². The molecule has 2 aromatic heterocycles. The molecule has 2 fully saturated rings. The summed E-state index contributed by atoms with van der Waals surface area (Å²) in [5, 5.41) is 5.14. The van der Waals surface area contributed by atoms with Gasteiger partial charge in [-0.2, -0.15) is 11.8 Å². The number of likely N-dealkylation sites (tertiary alicyclic amines) is 1. The number of piperidine rings is 1. The van der Waals surface area contributed by atoms with E-state index in [2.05, 4.69) is 27.0 Å². The first-order valence-corrected chi connectivity index (χ1v) is 10.4. The minimum atomic E-state index is -0.0339. The lowest BCUT2D eigenvalue weighted by atomic mass is 10.0. The molecule has 0 unspecified atom stereocenters. The van der Waals surface area contributed by atoms with Crippen molar-refractivity contribution in [2.75, 3.05) is 24.6 Å². The van der Waals surface area contributed by atoms with Crippen molar-refractivity contribution in [3.05, 3.63) is 23.5 Å². The summed E-state index contributed by atoms with van der Waals surface area (Å²) in [5.74, 6) is 2.57. The first-order valence-electron chi connectivity index (χ1n) is 8.34. The normalized spacial score (nSPS) is 21.7. The van der Waals surface area contributed by atoms with Crippen molar-refractivity contribution in [1.29, 1.82) is 0 Å². The molecule has 2 aliphatic heterocycles. The van der Waals surface area contributed by atoms with E-state index in [0.29, 0.717) is 5.69 Å². The molecule has 0 spiro atoms. The first kappa shape index (κ1) is 15.5. The fourth-order valence-corrected chi connectivity index (χ4v) is 5.34. The molecule has 0 aromatic carbocycles. The number of rotatable bonds is 3. The van der Waals surface area contributed by atoms with Gasteiger partial charge < -0.3 is 10.2 Å². The van der Waals surface area contributed by atoms with Gasteiger partial charge >= 0.3 is 0 Å². The average molecular weight is 351 g/mol. The second-order valence-electron chi connectivity index (χ2n) is 6.35. The molecule has 4 rings (SSSR count). The largest absolute Gasteiger partial charge is 0.348 e. The number of hydrogen-bond donors (Lipinski definition) is 1. The molecule has 1 N–H and O–H groups in total. The molecule has 2 aromatic rings. The fourth-order valence-electron chi connectivity index (χ4n) is 3.56. The number of hydrogen-bond acceptors (Lipinski definition) is 5. The molecular weight excluding hydrogens is 328 g/mol. The fraction of sp³-hybridized carbons (Fsp3) is 0.625. The van der Waals surface area contributed by atoms with Gasteiger partial charge in [-0.1, -0.05) is 0 Å². The standard InChI is InChI=1S/C16H22N4OS2/c21-15(14-11-20-7-10-23-16(20)18-14)17-12-1-5-19(6-2-12)13-3-8-22-9-4-13/h7,10-13H,1-6,8-9H2,(H,17,21). The van der Waals surface area contributed by atoms with Crippen molar-refractivity contribution in [1.82, 2.24) is 19.6 Å². The van der Waals surface area contributed by atoms with Gasteiger partial charge in [0.15, 0.2) is 4.96 Å². The average Bonchev–Trinajstić information content (AvgIpc) is 3.18. The Morgan fingerprint density at radius 2 is 2.00 bits per heavy atom. The summed E-state index contributed by atoms with van der Waals surface area (Å²) in [6.07, 6.45) is 8.51. The Bertz CT molecular complexity index is 640. The molecule has 1 amide bonds. The molecule has 23 heavy (non-hydrogen) atoms. The van der Waals surface area contributed by atoms with Gasteiger partial charge in [-0.15, -0.1) is 11.3 Å². The molecule has 4 heterocycles. The zero-order valence-corrected chi connectivity index (χ0v) is 14.7. The number of carbonyl (C=O) groups excluding carboxylic acids is 1. The number of carbonyl (C=O) groups is 1. The van der Waals surface area contributed by atoms with Crippen LogP contribution >= 0.6 is 23.1 Å². The topological polar surface area (TPSA) is 49.6 Å². The third kappa shape index (κ3) is 3.41. The predicted molar refractivity (Wildman–Crippen MR) is 95.5 cm³/mol. The van der Waals surface area contributed by atoms with E-state index in [4.69, 9.17) is 0 Å². The third-order valence-corrected chi connectivity index (χ3v) is 6.72. The zero-order chi connectivity index (χ0) is 15.6. The quantitative estimate of drug-likeness (QED) is 0.924. The number of imidazole rings is 1. The lowest BCUT2D eigenvalue weighted by Crippen LogP contribution is -2.48. The van der Waals surface area contributed by atoms with Crippen LogP contribution in [0, 0.1) is 0 Å². The Morgan fingerprint density at radius 1 is 1.22 bits per heavy atom. The molecule has 0 radical (unpaired) electrons. The van der Waals surface area contributed by atoms with E-state index in [1.807, 2.05) is 22.2 Å². The minimum absolute atomic E-state index is 0.0339. The van der Waals surface area contributed by atoms with Crippen LogP contribution in [0.5, 0.6) is 0 Å². The number of aromatic nitrogens is 2. The van der Waals surface area contributed by atoms with E-state index in [1.165, 1.54) is 24.3 Å². The summed E-state index contributed by atoms with van der Waals surface area (Å²) in [4.78, 5) is 20.3. The van der Waals surface area contributed by atoms with Gasteiger partial charge in [-0.25, -0.2) is 4.98 Å². The molecule has 0 saturated carbocycles. The molecule has 0 bridgehead atoms. The van der Waals surface area contributed by atoms with Crippen LogP contribution in [-0.2, 0) is 0 Å². The van der Waals surface area contributed by atoms with E-state index < -0.39 is 0 Å². The molecule has 2 aliphatic rings. The lowest BCUT2D eigenvalue weighted by Gasteiger charge is -2.39. The summed E-state index contributed by atoms with van der Waals surface area (Å²) in [5.41, 5.74) is 0.531. The Kier molecular flexibility index (Phi) is 4.59. The zero-order valence-electron chi connectivity index (χ0n) is 13.1. The van der Waals surface area contributed by atoms with Crippen LogP contribution in [0.15, 0.2) is 17.8 Å². The van der Waals surface area contributed by atoms with Gasteiger partial charge in [-0.3, -0.25) is 9.20 Å². The van der Waals surface area contributed by atoms with Crippen molar-refractivity contribution in [3.8, 4) is 0 Å². The van der Waals surface area contributed by atoms with E-state index in [0.717, 1.165) is 36.9 Å². The van der Waals surface area contributed by atoms with Gasteiger partial charge in [-0.05, 0) is 37.2 Å². The van der Waals surface area contributed by atoms with Crippen LogP contribution < -0.4 is 5.32 Å². The highest BCUT2D eigenvalue weighted by molar-refractivity contribution is 7.99. The smallest absolute Gasteiger partial charge is 0.271 e. The van der Waals surface area contributed by atoms with E-state index >= 15 is 0 Å². The van der Waals surface area contributed by atoms with Crippen LogP contribution in [-0.4, -0.2) is 56.9 Å². The number of thioether (sulfide) groups is 1. The van der Waals surface area contributed by atoms with E-state index in [1.54, 1.807) is 11.3 Å². The van der Waals surface area contributed by atoms with Gasteiger partial charge in [0.25, 0.3) is 5.91 Å². The second-order valence-corrected chi connectivity index (χ2v) is 8.44. The summed E-state index contributed by atoms with van der Waals surface area (Å²) in [6.45, 7) is 2.22. The number of thiazole rings is 1. The van der Waals surface area contributed by atoms with Gasteiger partial charge in [0.05, 0.1) is 0 Å². The molecule has 0 atom stereocenters. The van der Waals surface area contributed by atoms with Crippen LogP contribution in [0.3, 0.4) is 0 Å². The highest BCUT2D eigenvalue weighted by Gasteiger charge is 2.27. The number of nitrogens with one attached hydrogen (secondary N) is 1. The SMILES string of the molecule is O=C(NC1CCN(C2CCSCC2)CC1)c1cn2ccsc2n1. The lowest BCUT2D eigenvalue weighted by molar-refractivity contribution is 0.0882. The predicted octanol–water partition coefficient (Wildman–Crippen LogP) is 2.49. The third-order valence-electron chi connectivity index (χ3n) is 4.90. The summed E-state index contributed by atoms with van der Waals surface area (Å²) in [6, 6.07) is 1.06. The summed E-state index contributed by atoms with van der Waals surface area (Å²) >= 11 is 3.63. The number of amides is 1. The van der Waals surface area contributed by atoms with Gasteiger partial charge in [0, 0.05) is 42.9 Å². The van der Waals surface area contributed by atoms with Crippen LogP contribution in [0.1, 0.15) is 36.2 Å². The first-order chi connectivity index (χ1) is 11.3. The van der Waals surface area contributed by atoms with Crippen molar-refractivity contribution in [2.45, 2.75) is 37.8 Å². The Hall–Kier alpha value is -1.05. The molecule has 0 aliphatic carbocycles. The highest BCUT2D eigenvalue weighted by Crippen LogP contribution is 2.24. The maximum Gasteiger partial charge on any atom is 0.271 e. The Morgan fingerprint density at radius 3 is 2.74 bits per heavy atom. The van der Waals surface area contributed by atoms with Crippen molar-refractivity contribution >= 4 is 34.0 Å². The van der Waals surface area contributed by atoms with E-state index in [-0.39, 0.29) is 11.9 Å². The maximum atomic E-state index is 12.4. The van der Waals surface area contributed by atoms with Crippen molar-refractivity contribution in [3.63, 3.8) is 0 Å². The monoisotopic (exact) mass is 350 g/mol. The summed E-state index contributed by atoms with van der Waals surface area (Å²) in [7, 11) is 0. The number of fused-ring (bicyclic) bond motifs is 1. The molecule has 7 heteroatoms. The second kappa shape index (κ2) is 6.83. The van der Waals surface area contributed by atoms with Crippen LogP contribution in [0.2, 0.25) is 0 Å². The van der Waals surface area contributed by atoms with Crippen molar-refractivity contribution in [2.24, 2.45) is 0 Å². The minimum Gasteiger partial charge on any atom is -0.348 e. The van der Waals surface area contributed by atoms with Crippen LogP contribution in [0.4, 0.5) is 0 Å². The molecular formula is C16H22N4OS2. The Labute approximate surface area is 144 Å². The molecule has 124 valence electrons. The van der Waals surface area contributed by atoms with Gasteiger partial charge in [0.1, 0.15) is 5.69 Å². The highest BCUT2D eigenvalue weighted by atomic mass is 32.2. The van der Waals surface area contributed by atoms with Crippen LogP contribution in [0.25, 0.3) is 4.96 Å².